The Morgan fingerprint density at radius 3 is 1.88 bits per heavy atom. The molecule has 1 aromatic rings. The van der Waals surface area contributed by atoms with Gasteiger partial charge in [-0.1, -0.05) is 37.3 Å². The summed E-state index contributed by atoms with van der Waals surface area (Å²) in [5.74, 6) is 1.49. The Bertz CT molecular complexity index is 623. The fourth-order valence-electron chi connectivity index (χ4n) is 3.52. The summed E-state index contributed by atoms with van der Waals surface area (Å²) in [6, 6.07) is 6.39. The van der Waals surface area contributed by atoms with Crippen LogP contribution in [0.1, 0.15) is 38.5 Å². The molecular weight excluding hydrogens is 356 g/mol. The molecule has 1 aliphatic rings. The number of benzene rings is 1. The summed E-state index contributed by atoms with van der Waals surface area (Å²) in [5.41, 5.74) is 0. The fraction of sp³-hybridized carbons (Fsp3) is 0.684. The molecule has 1 fully saturated rings. The first-order chi connectivity index (χ1) is 11.8. The van der Waals surface area contributed by atoms with Crippen LogP contribution in [0.25, 0.3) is 0 Å². The van der Waals surface area contributed by atoms with Crippen molar-refractivity contribution in [2.75, 3.05) is 34.2 Å². The second kappa shape index (κ2) is 9.36. The smallest absolute Gasteiger partial charge is 0.242 e. The molecule has 0 radical (unpaired) electrons. The van der Waals surface area contributed by atoms with Crippen LogP contribution in [-0.4, -0.2) is 51.9 Å². The zero-order chi connectivity index (χ0) is 18.4. The van der Waals surface area contributed by atoms with Crippen LogP contribution in [0.4, 0.5) is 0 Å². The number of rotatable bonds is 8. The second-order valence-corrected chi connectivity index (χ2v) is 10.0. The van der Waals surface area contributed by atoms with Crippen LogP contribution in [0.15, 0.2) is 29.2 Å². The predicted molar refractivity (Wildman–Crippen MR) is 105 cm³/mol. The largest absolute Gasteiger partial charge is 0.309 e. The van der Waals surface area contributed by atoms with Gasteiger partial charge in [-0.05, 0) is 69.6 Å². The third kappa shape index (κ3) is 6.24. The summed E-state index contributed by atoms with van der Waals surface area (Å²) >= 11 is 5.84. The highest BCUT2D eigenvalue weighted by molar-refractivity contribution is 7.89. The highest BCUT2D eigenvalue weighted by Gasteiger charge is 2.24. The third-order valence-electron chi connectivity index (χ3n) is 5.32. The van der Waals surface area contributed by atoms with Gasteiger partial charge < -0.3 is 4.90 Å². The van der Waals surface area contributed by atoms with Crippen molar-refractivity contribution < 1.29 is 8.42 Å². The minimum absolute atomic E-state index is 0.312. The van der Waals surface area contributed by atoms with Gasteiger partial charge in [-0.25, -0.2) is 12.7 Å². The molecule has 0 heterocycles. The first-order valence-electron chi connectivity index (χ1n) is 9.15. The molecule has 142 valence electrons. The van der Waals surface area contributed by atoms with Gasteiger partial charge in [0, 0.05) is 18.6 Å². The van der Waals surface area contributed by atoms with Crippen LogP contribution in [0.2, 0.25) is 5.02 Å². The fourth-order valence-corrected chi connectivity index (χ4v) is 4.83. The van der Waals surface area contributed by atoms with E-state index in [1.807, 2.05) is 0 Å². The minimum Gasteiger partial charge on any atom is -0.309 e. The first kappa shape index (κ1) is 20.7. The number of halogens is 1. The van der Waals surface area contributed by atoms with Crippen molar-refractivity contribution in [3.8, 4) is 0 Å². The number of nitrogens with zero attached hydrogens (tertiary/aromatic N) is 2. The molecule has 0 N–H and O–H groups in total. The molecule has 0 saturated heterocycles. The van der Waals surface area contributed by atoms with Crippen molar-refractivity contribution >= 4 is 21.6 Å². The zero-order valence-electron chi connectivity index (χ0n) is 15.6. The summed E-state index contributed by atoms with van der Waals surface area (Å²) in [7, 11) is 2.51. The van der Waals surface area contributed by atoms with Gasteiger partial charge >= 0.3 is 0 Å². The molecule has 0 amide bonds. The van der Waals surface area contributed by atoms with Crippen LogP contribution in [0.5, 0.6) is 0 Å². The van der Waals surface area contributed by atoms with E-state index in [4.69, 9.17) is 11.6 Å². The SMILES string of the molecule is CN(C)CC[C@H]1CC[C@H](CCN(C)S(=O)(=O)c2ccc(Cl)cc2)CC1. The van der Waals surface area contributed by atoms with E-state index in [0.717, 1.165) is 18.9 Å². The Kier molecular flexibility index (Phi) is 7.74. The predicted octanol–water partition coefficient (Wildman–Crippen LogP) is 4.11. The van der Waals surface area contributed by atoms with Crippen molar-refractivity contribution in [3.05, 3.63) is 29.3 Å². The van der Waals surface area contributed by atoms with E-state index in [1.54, 1.807) is 31.3 Å². The standard InChI is InChI=1S/C19H31ClN2O2S/c1-21(2)14-12-16-4-6-17(7-5-16)13-15-22(3)25(23,24)19-10-8-18(20)9-11-19/h8-11,16-17H,4-7,12-15H2,1-3H3/t16-,17-. The molecule has 0 spiro atoms. The lowest BCUT2D eigenvalue weighted by Gasteiger charge is -2.30. The van der Waals surface area contributed by atoms with E-state index in [0.29, 0.717) is 22.4 Å². The molecule has 0 unspecified atom stereocenters. The molecular formula is C19H31ClN2O2S. The maximum absolute atomic E-state index is 12.6. The van der Waals surface area contributed by atoms with Crippen molar-refractivity contribution in [1.82, 2.24) is 9.21 Å². The first-order valence-corrected chi connectivity index (χ1v) is 11.0. The van der Waals surface area contributed by atoms with E-state index in [-0.39, 0.29) is 0 Å². The maximum atomic E-state index is 12.6. The van der Waals surface area contributed by atoms with Gasteiger partial charge in [0.1, 0.15) is 0 Å². The highest BCUT2D eigenvalue weighted by atomic mass is 35.5. The molecule has 1 saturated carbocycles. The molecule has 1 aliphatic carbocycles. The minimum atomic E-state index is -3.42. The van der Waals surface area contributed by atoms with Crippen LogP contribution in [0.3, 0.4) is 0 Å². The zero-order valence-corrected chi connectivity index (χ0v) is 17.2. The average Bonchev–Trinajstić information content (AvgIpc) is 2.59. The Labute approximate surface area is 158 Å². The number of sulfonamides is 1. The molecule has 6 heteroatoms. The molecule has 0 atom stereocenters. The topological polar surface area (TPSA) is 40.6 Å². The van der Waals surface area contributed by atoms with E-state index >= 15 is 0 Å². The van der Waals surface area contributed by atoms with Crippen molar-refractivity contribution in [3.63, 3.8) is 0 Å². The van der Waals surface area contributed by atoms with Gasteiger partial charge in [-0.3, -0.25) is 0 Å². The van der Waals surface area contributed by atoms with Gasteiger partial charge in [0.2, 0.25) is 10.0 Å². The van der Waals surface area contributed by atoms with E-state index in [9.17, 15) is 8.42 Å². The molecule has 0 bridgehead atoms. The Morgan fingerprint density at radius 1 is 0.920 bits per heavy atom. The summed E-state index contributed by atoms with van der Waals surface area (Å²) < 4.78 is 26.7. The van der Waals surface area contributed by atoms with Gasteiger partial charge in [0.15, 0.2) is 0 Å². The number of hydrogen-bond donors (Lipinski definition) is 0. The molecule has 2 rings (SSSR count). The monoisotopic (exact) mass is 386 g/mol. The van der Waals surface area contributed by atoms with Crippen LogP contribution >= 0.6 is 11.6 Å². The van der Waals surface area contributed by atoms with E-state index < -0.39 is 10.0 Å². The van der Waals surface area contributed by atoms with E-state index in [1.165, 1.54) is 36.4 Å². The van der Waals surface area contributed by atoms with Gasteiger partial charge in [0.25, 0.3) is 0 Å². The van der Waals surface area contributed by atoms with Crippen molar-refractivity contribution in [2.24, 2.45) is 11.8 Å². The Hall–Kier alpha value is -0.620. The van der Waals surface area contributed by atoms with Crippen LogP contribution in [-0.2, 0) is 10.0 Å². The lowest BCUT2D eigenvalue weighted by molar-refractivity contribution is 0.228. The molecule has 25 heavy (non-hydrogen) atoms. The summed E-state index contributed by atoms with van der Waals surface area (Å²) in [5, 5.41) is 0.549. The third-order valence-corrected chi connectivity index (χ3v) is 7.45. The van der Waals surface area contributed by atoms with Gasteiger partial charge in [0.05, 0.1) is 4.90 Å². The van der Waals surface area contributed by atoms with Crippen molar-refractivity contribution in [2.45, 2.75) is 43.4 Å². The average molecular weight is 387 g/mol. The lowest BCUT2D eigenvalue weighted by atomic mass is 9.79. The molecule has 1 aromatic carbocycles. The Morgan fingerprint density at radius 2 is 1.40 bits per heavy atom. The maximum Gasteiger partial charge on any atom is 0.242 e. The Balaban J connectivity index is 1.78. The highest BCUT2D eigenvalue weighted by Crippen LogP contribution is 2.33. The van der Waals surface area contributed by atoms with E-state index in [2.05, 4.69) is 19.0 Å². The normalized spacial score (nSPS) is 21.8. The van der Waals surface area contributed by atoms with Gasteiger partial charge in [-0.2, -0.15) is 0 Å². The van der Waals surface area contributed by atoms with Crippen molar-refractivity contribution in [1.29, 1.82) is 0 Å². The van der Waals surface area contributed by atoms with Crippen LogP contribution in [0, 0.1) is 11.8 Å². The molecule has 0 aliphatic heterocycles. The summed E-state index contributed by atoms with van der Waals surface area (Å²) in [6.07, 6.45) is 7.26. The summed E-state index contributed by atoms with van der Waals surface area (Å²) in [4.78, 5) is 2.56. The molecule has 0 aromatic heterocycles. The second-order valence-electron chi connectivity index (χ2n) is 7.55. The molecule has 4 nitrogen and oxygen atoms in total. The lowest BCUT2D eigenvalue weighted by Crippen LogP contribution is -2.30. The summed E-state index contributed by atoms with van der Waals surface area (Å²) in [6.45, 7) is 1.75. The number of hydrogen-bond acceptors (Lipinski definition) is 3. The van der Waals surface area contributed by atoms with Crippen LogP contribution < -0.4 is 0 Å². The quantitative estimate of drug-likeness (QED) is 0.675. The van der Waals surface area contributed by atoms with Gasteiger partial charge in [-0.15, -0.1) is 0 Å².